The minimum absolute atomic E-state index is 0.297. The monoisotopic (exact) mass is 300 g/mol. The zero-order valence-electron chi connectivity index (χ0n) is 12.4. The molecule has 110 valence electrons. The number of nitrogens with one attached hydrogen (secondary N) is 2. The second-order valence-electron chi connectivity index (χ2n) is 5.16. The van der Waals surface area contributed by atoms with Crippen molar-refractivity contribution in [2.45, 2.75) is 31.9 Å². The van der Waals surface area contributed by atoms with Crippen molar-refractivity contribution in [1.82, 2.24) is 10.4 Å². The van der Waals surface area contributed by atoms with Crippen LogP contribution in [0, 0.1) is 0 Å². The highest BCUT2D eigenvalue weighted by atomic mass is 32.2. The molecule has 5 heteroatoms. The Morgan fingerprint density at radius 3 is 3.00 bits per heavy atom. The highest BCUT2D eigenvalue weighted by molar-refractivity contribution is 8.15. The number of rotatable bonds is 4. The average Bonchev–Trinajstić information content (AvgIpc) is 2.92. The van der Waals surface area contributed by atoms with Crippen molar-refractivity contribution in [2.24, 2.45) is 10.1 Å². The first-order valence-corrected chi connectivity index (χ1v) is 8.28. The van der Waals surface area contributed by atoms with Crippen LogP contribution in [0.3, 0.4) is 0 Å². The Morgan fingerprint density at radius 1 is 1.33 bits per heavy atom. The molecule has 21 heavy (non-hydrogen) atoms. The summed E-state index contributed by atoms with van der Waals surface area (Å²) in [6, 6.07) is 8.32. The number of aromatic amines is 1. The Labute approximate surface area is 129 Å². The molecule has 1 aliphatic heterocycles. The summed E-state index contributed by atoms with van der Waals surface area (Å²) in [7, 11) is 0. The van der Waals surface area contributed by atoms with Crippen LogP contribution in [0.4, 0.5) is 0 Å². The number of hydrogen-bond acceptors (Lipinski definition) is 3. The van der Waals surface area contributed by atoms with E-state index >= 15 is 0 Å². The van der Waals surface area contributed by atoms with E-state index in [9.17, 15) is 0 Å². The smallest absolute Gasteiger partial charge is 0.177 e. The largest absolute Gasteiger partial charge is 0.360 e. The number of fused-ring (bicyclic) bond motifs is 1. The van der Waals surface area contributed by atoms with Crippen molar-refractivity contribution in [3.8, 4) is 0 Å². The van der Waals surface area contributed by atoms with Crippen molar-refractivity contribution in [1.29, 1.82) is 0 Å². The first-order valence-electron chi connectivity index (χ1n) is 7.40. The minimum atomic E-state index is 0.297. The predicted octanol–water partition coefficient (Wildman–Crippen LogP) is 3.75. The summed E-state index contributed by atoms with van der Waals surface area (Å²) in [5, 5.41) is 7.00. The number of amidine groups is 1. The molecule has 0 aliphatic carbocycles. The Morgan fingerprint density at radius 2 is 2.19 bits per heavy atom. The van der Waals surface area contributed by atoms with Gasteiger partial charge in [-0.3, -0.25) is 10.4 Å². The normalized spacial score (nSPS) is 20.6. The average molecular weight is 300 g/mol. The Bertz CT molecular complexity index is 686. The topological polar surface area (TPSA) is 52.5 Å². The van der Waals surface area contributed by atoms with Crippen molar-refractivity contribution in [2.75, 3.05) is 6.54 Å². The van der Waals surface area contributed by atoms with Crippen LogP contribution in [0.2, 0.25) is 0 Å². The van der Waals surface area contributed by atoms with E-state index in [4.69, 9.17) is 0 Å². The lowest BCUT2D eigenvalue weighted by molar-refractivity contribution is 0.804. The highest BCUT2D eigenvalue weighted by Crippen LogP contribution is 2.26. The van der Waals surface area contributed by atoms with Crippen LogP contribution in [0.1, 0.15) is 32.3 Å². The maximum Gasteiger partial charge on any atom is 0.177 e. The number of nitrogens with zero attached hydrogens (tertiary/aromatic N) is 2. The van der Waals surface area contributed by atoms with Gasteiger partial charge in [0.1, 0.15) is 0 Å². The fourth-order valence-electron chi connectivity index (χ4n) is 2.42. The van der Waals surface area contributed by atoms with E-state index in [-0.39, 0.29) is 0 Å². The third kappa shape index (κ3) is 2.97. The maximum atomic E-state index is 4.56. The van der Waals surface area contributed by atoms with Crippen molar-refractivity contribution in [3.05, 3.63) is 36.0 Å². The van der Waals surface area contributed by atoms with E-state index in [0.717, 1.165) is 29.4 Å². The predicted molar refractivity (Wildman–Crippen MR) is 92.2 cm³/mol. The molecule has 3 rings (SSSR count). The van der Waals surface area contributed by atoms with Gasteiger partial charge in [-0.15, -0.1) is 0 Å². The summed E-state index contributed by atoms with van der Waals surface area (Å²) in [6.07, 6.45) is 4.33. The van der Waals surface area contributed by atoms with Crippen LogP contribution in [-0.2, 0) is 0 Å². The molecule has 1 aliphatic rings. The van der Waals surface area contributed by atoms with Crippen LogP contribution in [0.25, 0.3) is 10.9 Å². The molecule has 4 nitrogen and oxygen atoms in total. The molecule has 0 spiro atoms. The number of hydrazone groups is 1. The van der Waals surface area contributed by atoms with Gasteiger partial charge in [-0.2, -0.15) is 5.10 Å². The number of thioether (sulfide) groups is 1. The number of hydrogen-bond donors (Lipinski definition) is 2. The molecule has 0 radical (unpaired) electrons. The maximum absolute atomic E-state index is 4.56. The molecule has 0 saturated heterocycles. The molecule has 0 saturated carbocycles. The Hall–Kier alpha value is -1.75. The van der Waals surface area contributed by atoms with Gasteiger partial charge in [0.2, 0.25) is 0 Å². The van der Waals surface area contributed by atoms with Crippen LogP contribution >= 0.6 is 11.8 Å². The third-order valence-corrected chi connectivity index (χ3v) is 4.60. The van der Waals surface area contributed by atoms with E-state index in [0.29, 0.717) is 5.25 Å². The fraction of sp³-hybridized carbons (Fsp3) is 0.375. The van der Waals surface area contributed by atoms with E-state index in [2.05, 4.69) is 52.6 Å². The minimum Gasteiger partial charge on any atom is -0.360 e. The van der Waals surface area contributed by atoms with Crippen LogP contribution in [0.15, 0.2) is 40.6 Å². The molecule has 0 unspecified atom stereocenters. The van der Waals surface area contributed by atoms with E-state index < -0.39 is 0 Å². The van der Waals surface area contributed by atoms with Gasteiger partial charge in [0.05, 0.1) is 11.0 Å². The van der Waals surface area contributed by atoms with Gasteiger partial charge in [0.15, 0.2) is 5.17 Å². The molecular formula is C16H20N4S. The standard InChI is InChI=1S/C16H20N4S/c1-3-4-9-17-16-20-19-15(11(2)21-16)13-10-18-14-8-6-5-7-12(13)14/h5-8,10-11,18H,3-4,9H2,1-2H3,(H,17,20)/t11-/m0/s1. The summed E-state index contributed by atoms with van der Waals surface area (Å²) in [4.78, 5) is 7.87. The SMILES string of the molecule is CCCCN=C1NN=C(c2c[nH]c3ccccc23)[C@H](C)S1. The van der Waals surface area contributed by atoms with Crippen molar-refractivity contribution in [3.63, 3.8) is 0 Å². The van der Waals surface area contributed by atoms with Crippen molar-refractivity contribution < 1.29 is 0 Å². The van der Waals surface area contributed by atoms with Gasteiger partial charge in [-0.25, -0.2) is 0 Å². The van der Waals surface area contributed by atoms with Crippen LogP contribution in [0.5, 0.6) is 0 Å². The second kappa shape index (κ2) is 6.35. The fourth-order valence-corrected chi connectivity index (χ4v) is 3.31. The zero-order valence-corrected chi connectivity index (χ0v) is 13.2. The van der Waals surface area contributed by atoms with Gasteiger partial charge >= 0.3 is 0 Å². The van der Waals surface area contributed by atoms with E-state index in [1.807, 2.05) is 12.3 Å². The molecule has 1 aromatic heterocycles. The zero-order chi connectivity index (χ0) is 14.7. The van der Waals surface area contributed by atoms with Gasteiger partial charge < -0.3 is 4.98 Å². The van der Waals surface area contributed by atoms with Crippen molar-refractivity contribution >= 4 is 33.5 Å². The Kier molecular flexibility index (Phi) is 4.29. The molecule has 0 bridgehead atoms. The van der Waals surface area contributed by atoms with E-state index in [1.54, 1.807) is 11.8 Å². The van der Waals surface area contributed by atoms with Gasteiger partial charge in [-0.1, -0.05) is 43.3 Å². The summed E-state index contributed by atoms with van der Waals surface area (Å²) >= 11 is 1.75. The quantitative estimate of drug-likeness (QED) is 0.845. The first-order chi connectivity index (χ1) is 10.3. The number of benzene rings is 1. The summed E-state index contributed by atoms with van der Waals surface area (Å²) in [5.41, 5.74) is 6.49. The highest BCUT2D eigenvalue weighted by Gasteiger charge is 2.23. The first kappa shape index (κ1) is 14.2. The summed E-state index contributed by atoms with van der Waals surface area (Å²) in [6.45, 7) is 5.23. The van der Waals surface area contributed by atoms with Gasteiger partial charge in [0.25, 0.3) is 0 Å². The third-order valence-electron chi connectivity index (χ3n) is 3.58. The second-order valence-corrected chi connectivity index (χ2v) is 6.49. The summed E-state index contributed by atoms with van der Waals surface area (Å²) in [5.74, 6) is 0. The lowest BCUT2D eigenvalue weighted by atomic mass is 10.1. The van der Waals surface area contributed by atoms with Crippen LogP contribution in [-0.4, -0.2) is 27.7 Å². The molecule has 2 N–H and O–H groups in total. The number of aromatic nitrogens is 1. The Balaban J connectivity index is 1.85. The van der Waals surface area contributed by atoms with Gasteiger partial charge in [0, 0.05) is 29.2 Å². The molecule has 1 atom stereocenters. The number of para-hydroxylation sites is 1. The van der Waals surface area contributed by atoms with Crippen LogP contribution < -0.4 is 5.43 Å². The molecular weight excluding hydrogens is 280 g/mol. The molecule has 2 aromatic rings. The summed E-state index contributed by atoms with van der Waals surface area (Å²) < 4.78 is 0. The lowest BCUT2D eigenvalue weighted by Crippen LogP contribution is -2.31. The number of unbranched alkanes of at least 4 members (excludes halogenated alkanes) is 1. The lowest BCUT2D eigenvalue weighted by Gasteiger charge is -2.20. The number of H-pyrrole nitrogens is 1. The molecule has 0 fully saturated rings. The molecule has 2 heterocycles. The molecule has 1 aromatic carbocycles. The molecule has 0 amide bonds. The van der Waals surface area contributed by atoms with Gasteiger partial charge in [-0.05, 0) is 19.4 Å². The van der Waals surface area contributed by atoms with E-state index in [1.165, 1.54) is 17.4 Å². The number of aliphatic imine (C=N–C) groups is 1.